The second-order valence-electron chi connectivity index (χ2n) is 8.46. The summed E-state index contributed by atoms with van der Waals surface area (Å²) in [5, 5.41) is 4.09. The number of rotatable bonds is 8. The van der Waals surface area contributed by atoms with Crippen molar-refractivity contribution in [3.8, 4) is 11.5 Å². The second-order valence-corrected chi connectivity index (χ2v) is 8.46. The summed E-state index contributed by atoms with van der Waals surface area (Å²) in [7, 11) is 1.63. The minimum atomic E-state index is -0.164. The minimum absolute atomic E-state index is 0.105. The number of ether oxygens (including phenoxy) is 3. The monoisotopic (exact) mass is 452 g/mol. The third kappa shape index (κ3) is 6.26. The molecule has 0 bridgehead atoms. The lowest BCUT2D eigenvalue weighted by Gasteiger charge is -2.32. The molecule has 4 rings (SSSR count). The van der Waals surface area contributed by atoms with Crippen LogP contribution in [0.5, 0.6) is 11.5 Å². The van der Waals surface area contributed by atoms with Gasteiger partial charge in [-0.1, -0.05) is 11.2 Å². The predicted octanol–water partition coefficient (Wildman–Crippen LogP) is 3.62. The zero-order chi connectivity index (χ0) is 23.0. The Hall–Kier alpha value is -3.06. The third-order valence-corrected chi connectivity index (χ3v) is 6.14. The zero-order valence-electron chi connectivity index (χ0n) is 19.4. The van der Waals surface area contributed by atoms with Gasteiger partial charge in [-0.3, -0.25) is 4.79 Å². The van der Waals surface area contributed by atoms with Gasteiger partial charge in [0.25, 0.3) is 5.91 Å². The highest BCUT2D eigenvalue weighted by molar-refractivity contribution is 5.98. The normalized spacial score (nSPS) is 18.4. The number of fused-ring (bicyclic) bond motifs is 1. The highest BCUT2D eigenvalue weighted by Crippen LogP contribution is 2.25. The molecule has 0 radical (unpaired) electrons. The van der Waals surface area contributed by atoms with Crippen LogP contribution in [0.4, 0.5) is 0 Å². The quantitative estimate of drug-likeness (QED) is 0.452. The third-order valence-electron chi connectivity index (χ3n) is 6.14. The molecule has 1 atom stereocenters. The lowest BCUT2D eigenvalue weighted by Crippen LogP contribution is -2.48. The number of methoxy groups -OCH3 is 1. The summed E-state index contributed by atoms with van der Waals surface area (Å²) in [5.41, 5.74) is 4.43. The van der Waals surface area contributed by atoms with Crippen LogP contribution in [0.25, 0.3) is 0 Å². The summed E-state index contributed by atoms with van der Waals surface area (Å²) in [6.07, 6.45) is 4.62. The van der Waals surface area contributed by atoms with Gasteiger partial charge in [-0.2, -0.15) is 0 Å². The maximum atomic E-state index is 12.6. The van der Waals surface area contributed by atoms with E-state index in [1.54, 1.807) is 12.0 Å². The number of hydrogen-bond donors (Lipinski definition) is 0. The highest BCUT2D eigenvalue weighted by Gasteiger charge is 2.25. The van der Waals surface area contributed by atoms with Gasteiger partial charge in [0.15, 0.2) is 6.61 Å². The predicted molar refractivity (Wildman–Crippen MR) is 126 cm³/mol. The largest absolute Gasteiger partial charge is 0.497 e. The summed E-state index contributed by atoms with van der Waals surface area (Å²) in [6.45, 7) is 3.66. The average Bonchev–Trinajstić information content (AvgIpc) is 2.87. The molecule has 176 valence electrons. The van der Waals surface area contributed by atoms with Crippen molar-refractivity contribution in [1.82, 2.24) is 4.90 Å². The standard InChI is InChI=1S/C26H32N2O5/c1-19(20-7-10-23(30-2)11-8-20)27-33-18-26(29)28-13-14-31-25(16-28)17-32-24-12-9-21-5-3-4-6-22(21)15-24/h7-12,15,25H,3-6,13-14,16-18H2,1-2H3/b27-19-. The van der Waals surface area contributed by atoms with Gasteiger partial charge in [0, 0.05) is 6.54 Å². The van der Waals surface area contributed by atoms with Gasteiger partial charge in [0.2, 0.25) is 0 Å². The number of amides is 1. The van der Waals surface area contributed by atoms with E-state index < -0.39 is 0 Å². The molecule has 33 heavy (non-hydrogen) atoms. The van der Waals surface area contributed by atoms with E-state index in [2.05, 4.69) is 17.3 Å². The van der Waals surface area contributed by atoms with Crippen molar-refractivity contribution < 1.29 is 23.8 Å². The molecule has 0 aromatic heterocycles. The second kappa shape index (κ2) is 11.2. The van der Waals surface area contributed by atoms with Crippen LogP contribution in [0.2, 0.25) is 0 Å². The van der Waals surface area contributed by atoms with Crippen LogP contribution < -0.4 is 9.47 Å². The Kier molecular flexibility index (Phi) is 7.83. The topological polar surface area (TPSA) is 69.6 Å². The van der Waals surface area contributed by atoms with Gasteiger partial charge >= 0.3 is 0 Å². The molecular formula is C26H32N2O5. The first-order chi connectivity index (χ1) is 16.1. The fourth-order valence-electron chi connectivity index (χ4n) is 4.20. The zero-order valence-corrected chi connectivity index (χ0v) is 19.4. The Labute approximate surface area is 195 Å². The van der Waals surface area contributed by atoms with Gasteiger partial charge in [-0.25, -0.2) is 0 Å². The fraction of sp³-hybridized carbons (Fsp3) is 0.462. The lowest BCUT2D eigenvalue weighted by atomic mass is 9.92. The summed E-state index contributed by atoms with van der Waals surface area (Å²) in [6, 6.07) is 13.9. The summed E-state index contributed by atoms with van der Waals surface area (Å²) >= 11 is 0. The Bertz CT molecular complexity index is 973. The molecule has 1 aliphatic heterocycles. The van der Waals surface area contributed by atoms with E-state index in [-0.39, 0.29) is 18.6 Å². The molecule has 1 fully saturated rings. The smallest absolute Gasteiger partial charge is 0.263 e. The van der Waals surface area contributed by atoms with E-state index in [1.807, 2.05) is 37.3 Å². The number of carbonyl (C=O) groups excluding carboxylic acids is 1. The molecule has 0 spiro atoms. The van der Waals surface area contributed by atoms with Crippen molar-refractivity contribution in [2.24, 2.45) is 5.16 Å². The van der Waals surface area contributed by atoms with Crippen LogP contribution in [0.15, 0.2) is 47.6 Å². The Morgan fingerprint density at radius 2 is 1.85 bits per heavy atom. The molecule has 1 heterocycles. The van der Waals surface area contributed by atoms with Gasteiger partial charge in [0.05, 0.1) is 26.0 Å². The summed E-state index contributed by atoms with van der Waals surface area (Å²) in [4.78, 5) is 19.7. The number of oxime groups is 1. The molecule has 2 aliphatic rings. The van der Waals surface area contributed by atoms with E-state index in [0.717, 1.165) is 29.9 Å². The van der Waals surface area contributed by atoms with E-state index in [0.29, 0.717) is 32.0 Å². The molecule has 2 aromatic carbocycles. The Morgan fingerprint density at radius 3 is 2.64 bits per heavy atom. The van der Waals surface area contributed by atoms with Crippen LogP contribution in [0.1, 0.15) is 36.5 Å². The van der Waals surface area contributed by atoms with Crippen LogP contribution in [0.3, 0.4) is 0 Å². The molecule has 7 nitrogen and oxygen atoms in total. The lowest BCUT2D eigenvalue weighted by molar-refractivity contribution is -0.144. The Morgan fingerprint density at radius 1 is 1.09 bits per heavy atom. The summed E-state index contributed by atoms with van der Waals surface area (Å²) < 4.78 is 17.0. The highest BCUT2D eigenvalue weighted by atomic mass is 16.6. The van der Waals surface area contributed by atoms with Gasteiger partial charge in [-0.15, -0.1) is 0 Å². The number of benzene rings is 2. The van der Waals surface area contributed by atoms with Crippen molar-refractivity contribution >= 4 is 11.6 Å². The molecule has 0 N–H and O–H groups in total. The SMILES string of the molecule is COc1ccc(/C(C)=N\OCC(=O)N2CCOC(COc3ccc4c(c3)CCCC4)C2)cc1. The van der Waals surface area contributed by atoms with Crippen molar-refractivity contribution in [3.05, 3.63) is 59.2 Å². The van der Waals surface area contributed by atoms with Crippen LogP contribution in [-0.4, -0.2) is 62.6 Å². The molecule has 1 aliphatic carbocycles. The first kappa shape index (κ1) is 23.1. The van der Waals surface area contributed by atoms with Gasteiger partial charge in [-0.05, 0) is 85.7 Å². The molecule has 7 heteroatoms. The minimum Gasteiger partial charge on any atom is -0.497 e. The van der Waals surface area contributed by atoms with E-state index in [1.165, 1.54) is 24.0 Å². The summed E-state index contributed by atoms with van der Waals surface area (Å²) in [5.74, 6) is 1.54. The molecule has 2 aromatic rings. The average molecular weight is 453 g/mol. The first-order valence-corrected chi connectivity index (χ1v) is 11.6. The first-order valence-electron chi connectivity index (χ1n) is 11.6. The molecule has 1 amide bonds. The number of morpholine rings is 1. The van der Waals surface area contributed by atoms with E-state index in [4.69, 9.17) is 19.0 Å². The van der Waals surface area contributed by atoms with Gasteiger partial charge < -0.3 is 23.9 Å². The van der Waals surface area contributed by atoms with E-state index >= 15 is 0 Å². The number of aryl methyl sites for hydroxylation is 2. The van der Waals surface area contributed by atoms with E-state index in [9.17, 15) is 4.79 Å². The number of carbonyl (C=O) groups is 1. The van der Waals surface area contributed by atoms with Crippen molar-refractivity contribution in [2.45, 2.75) is 38.7 Å². The molecule has 1 saturated heterocycles. The van der Waals surface area contributed by atoms with Crippen molar-refractivity contribution in [2.75, 3.05) is 40.0 Å². The molecular weight excluding hydrogens is 420 g/mol. The molecule has 1 unspecified atom stereocenters. The maximum absolute atomic E-state index is 12.6. The fourth-order valence-corrected chi connectivity index (χ4v) is 4.20. The van der Waals surface area contributed by atoms with Crippen molar-refractivity contribution in [3.63, 3.8) is 0 Å². The number of hydrogen-bond acceptors (Lipinski definition) is 6. The van der Waals surface area contributed by atoms with Crippen molar-refractivity contribution in [1.29, 1.82) is 0 Å². The van der Waals surface area contributed by atoms with Crippen LogP contribution in [-0.2, 0) is 27.2 Å². The Balaban J connectivity index is 1.23. The maximum Gasteiger partial charge on any atom is 0.263 e. The van der Waals surface area contributed by atoms with Crippen LogP contribution in [0, 0.1) is 0 Å². The molecule has 0 saturated carbocycles. The number of nitrogens with zero attached hydrogens (tertiary/aromatic N) is 2. The van der Waals surface area contributed by atoms with Gasteiger partial charge in [0.1, 0.15) is 24.2 Å². The van der Waals surface area contributed by atoms with Crippen LogP contribution >= 0.6 is 0 Å².